The number of carbonyl (C=O) groups excluding carboxylic acids is 1. The van der Waals surface area contributed by atoms with E-state index in [0.717, 1.165) is 55.9 Å². The minimum Gasteiger partial charge on any atom is -0.335 e. The third-order valence-corrected chi connectivity index (χ3v) is 5.91. The molecule has 25 heavy (non-hydrogen) atoms. The number of nitrogens with one attached hydrogen (secondary N) is 2. The molecule has 4 rings (SSSR count). The number of amides is 1. The average molecular weight is 362 g/mol. The molecular weight excluding hydrogens is 334 g/mol. The van der Waals surface area contributed by atoms with Crippen LogP contribution in [0.5, 0.6) is 0 Å². The zero-order chi connectivity index (χ0) is 17.2. The molecule has 0 radical (unpaired) electrons. The first-order valence-corrected chi connectivity index (χ1v) is 10.1. The predicted molar refractivity (Wildman–Crippen MR) is 100 cm³/mol. The summed E-state index contributed by atoms with van der Waals surface area (Å²) in [6.07, 6.45) is 6.95. The predicted octanol–water partition coefficient (Wildman–Crippen LogP) is 3.08. The molecule has 1 amide bonds. The van der Waals surface area contributed by atoms with Crippen LogP contribution >= 0.6 is 11.6 Å². The lowest BCUT2D eigenvalue weighted by Gasteiger charge is -2.30. The van der Waals surface area contributed by atoms with E-state index in [9.17, 15) is 4.79 Å². The minimum atomic E-state index is 0.132. The summed E-state index contributed by atoms with van der Waals surface area (Å²) in [7, 11) is 0. The molecule has 4 nitrogen and oxygen atoms in total. The zero-order valence-electron chi connectivity index (χ0n) is 14.8. The van der Waals surface area contributed by atoms with E-state index >= 15 is 0 Å². The van der Waals surface area contributed by atoms with E-state index in [4.69, 9.17) is 11.6 Å². The van der Waals surface area contributed by atoms with Crippen molar-refractivity contribution >= 4 is 17.5 Å². The molecule has 2 aliphatic carbocycles. The van der Waals surface area contributed by atoms with Crippen molar-refractivity contribution in [2.24, 2.45) is 5.92 Å². The van der Waals surface area contributed by atoms with E-state index in [1.165, 1.54) is 18.4 Å². The maximum atomic E-state index is 13.0. The molecule has 3 fully saturated rings. The number of rotatable bonds is 7. The van der Waals surface area contributed by atoms with Gasteiger partial charge in [-0.05, 0) is 62.3 Å². The fraction of sp³-hybridized carbons (Fsp3) is 0.650. The Labute approximate surface area is 155 Å². The molecule has 1 aliphatic heterocycles. The van der Waals surface area contributed by atoms with Crippen LogP contribution in [0.3, 0.4) is 0 Å². The normalized spacial score (nSPS) is 23.5. The van der Waals surface area contributed by atoms with Gasteiger partial charge in [0, 0.05) is 36.7 Å². The molecule has 5 heteroatoms. The second kappa shape index (κ2) is 7.65. The van der Waals surface area contributed by atoms with Crippen molar-refractivity contribution in [2.45, 2.75) is 63.7 Å². The van der Waals surface area contributed by atoms with Crippen molar-refractivity contribution in [3.8, 4) is 0 Å². The van der Waals surface area contributed by atoms with Gasteiger partial charge in [0.2, 0.25) is 5.91 Å². The summed E-state index contributed by atoms with van der Waals surface area (Å²) in [4.78, 5) is 15.1. The molecule has 0 spiro atoms. The highest BCUT2D eigenvalue weighted by Crippen LogP contribution is 2.32. The molecule has 2 saturated carbocycles. The molecule has 1 aromatic rings. The largest absolute Gasteiger partial charge is 0.335 e. The Balaban J connectivity index is 1.45. The Hall–Kier alpha value is -1.10. The van der Waals surface area contributed by atoms with Gasteiger partial charge in [-0.25, -0.2) is 0 Å². The van der Waals surface area contributed by atoms with Crippen molar-refractivity contribution < 1.29 is 4.79 Å². The summed E-state index contributed by atoms with van der Waals surface area (Å²) in [6.45, 7) is 3.39. The van der Waals surface area contributed by atoms with E-state index in [-0.39, 0.29) is 5.92 Å². The number of nitrogens with zero attached hydrogens (tertiary/aromatic N) is 1. The van der Waals surface area contributed by atoms with Crippen molar-refractivity contribution in [2.75, 3.05) is 13.1 Å². The van der Waals surface area contributed by atoms with E-state index in [2.05, 4.69) is 27.7 Å². The van der Waals surface area contributed by atoms with Crippen LogP contribution in [-0.4, -0.2) is 36.0 Å². The Morgan fingerprint density at radius 1 is 1.24 bits per heavy atom. The van der Waals surface area contributed by atoms with Gasteiger partial charge in [0.25, 0.3) is 0 Å². The van der Waals surface area contributed by atoms with E-state index in [1.807, 2.05) is 6.07 Å². The van der Waals surface area contributed by atoms with E-state index in [0.29, 0.717) is 24.5 Å². The van der Waals surface area contributed by atoms with Gasteiger partial charge in [0.1, 0.15) is 0 Å². The molecule has 1 aromatic carbocycles. The number of hydrogen-bond acceptors (Lipinski definition) is 3. The molecule has 1 unspecified atom stereocenters. The van der Waals surface area contributed by atoms with Crippen LogP contribution in [0.25, 0.3) is 0 Å². The SMILES string of the molecule is O=C(C1CCCNC1)N(Cc1cc(CNC2CC2)ccc1Cl)C1CC1. The second-order valence-corrected chi connectivity index (χ2v) is 8.23. The van der Waals surface area contributed by atoms with E-state index < -0.39 is 0 Å². The van der Waals surface area contributed by atoms with Crippen LogP contribution in [0.4, 0.5) is 0 Å². The number of halogens is 1. The fourth-order valence-corrected chi connectivity index (χ4v) is 3.84. The number of carbonyl (C=O) groups is 1. The lowest BCUT2D eigenvalue weighted by atomic mass is 9.97. The van der Waals surface area contributed by atoms with Gasteiger partial charge in [-0.15, -0.1) is 0 Å². The van der Waals surface area contributed by atoms with Crippen LogP contribution < -0.4 is 10.6 Å². The summed E-state index contributed by atoms with van der Waals surface area (Å²) in [5.74, 6) is 0.445. The first kappa shape index (κ1) is 17.3. The van der Waals surface area contributed by atoms with Gasteiger partial charge in [-0.2, -0.15) is 0 Å². The molecule has 1 heterocycles. The molecular formula is C20H28ClN3O. The van der Waals surface area contributed by atoms with Gasteiger partial charge in [0.05, 0.1) is 5.92 Å². The Bertz CT molecular complexity index is 621. The fourth-order valence-electron chi connectivity index (χ4n) is 3.66. The molecule has 2 N–H and O–H groups in total. The molecule has 1 atom stereocenters. The minimum absolute atomic E-state index is 0.132. The first-order valence-electron chi connectivity index (χ1n) is 9.72. The smallest absolute Gasteiger partial charge is 0.227 e. The molecule has 0 aromatic heterocycles. The van der Waals surface area contributed by atoms with Gasteiger partial charge >= 0.3 is 0 Å². The van der Waals surface area contributed by atoms with Gasteiger partial charge in [-0.3, -0.25) is 4.79 Å². The summed E-state index contributed by atoms with van der Waals surface area (Å²) < 4.78 is 0. The maximum absolute atomic E-state index is 13.0. The number of benzene rings is 1. The third kappa shape index (κ3) is 4.55. The third-order valence-electron chi connectivity index (χ3n) is 5.54. The summed E-state index contributed by atoms with van der Waals surface area (Å²) in [5, 5.41) is 7.69. The van der Waals surface area contributed by atoms with Gasteiger partial charge < -0.3 is 15.5 Å². The standard InChI is InChI=1S/C20H28ClN3O/c21-19-8-3-14(11-23-17-4-5-17)10-16(19)13-24(18-6-7-18)20(25)15-2-1-9-22-12-15/h3,8,10,15,17-18,22-23H,1-2,4-7,9,11-13H2. The Morgan fingerprint density at radius 3 is 2.76 bits per heavy atom. The topological polar surface area (TPSA) is 44.4 Å². The highest BCUT2D eigenvalue weighted by molar-refractivity contribution is 6.31. The average Bonchev–Trinajstić information content (AvgIpc) is 3.54. The number of hydrogen-bond donors (Lipinski definition) is 2. The van der Waals surface area contributed by atoms with Crippen LogP contribution in [-0.2, 0) is 17.9 Å². The quantitative estimate of drug-likeness (QED) is 0.784. The van der Waals surface area contributed by atoms with Gasteiger partial charge in [-0.1, -0.05) is 23.7 Å². The molecule has 1 saturated heterocycles. The summed E-state index contributed by atoms with van der Waals surface area (Å²) in [5.41, 5.74) is 2.34. The molecule has 3 aliphatic rings. The highest BCUT2D eigenvalue weighted by Gasteiger charge is 2.36. The second-order valence-electron chi connectivity index (χ2n) is 7.82. The lowest BCUT2D eigenvalue weighted by molar-refractivity contribution is -0.137. The molecule has 0 bridgehead atoms. The van der Waals surface area contributed by atoms with Crippen molar-refractivity contribution in [3.05, 3.63) is 34.3 Å². The molecule has 136 valence electrons. The van der Waals surface area contributed by atoms with Crippen LogP contribution in [0.2, 0.25) is 5.02 Å². The highest BCUT2D eigenvalue weighted by atomic mass is 35.5. The Kier molecular flexibility index (Phi) is 5.30. The lowest BCUT2D eigenvalue weighted by Crippen LogP contribution is -2.43. The zero-order valence-corrected chi connectivity index (χ0v) is 15.5. The summed E-state index contributed by atoms with van der Waals surface area (Å²) in [6, 6.07) is 7.37. The first-order chi connectivity index (χ1) is 12.2. The van der Waals surface area contributed by atoms with Crippen LogP contribution in [0, 0.1) is 5.92 Å². The monoisotopic (exact) mass is 361 g/mol. The Morgan fingerprint density at radius 2 is 2.08 bits per heavy atom. The van der Waals surface area contributed by atoms with Crippen LogP contribution in [0.1, 0.15) is 49.7 Å². The van der Waals surface area contributed by atoms with Gasteiger partial charge in [0.15, 0.2) is 0 Å². The summed E-state index contributed by atoms with van der Waals surface area (Å²) >= 11 is 6.46. The maximum Gasteiger partial charge on any atom is 0.227 e. The van der Waals surface area contributed by atoms with E-state index in [1.54, 1.807) is 0 Å². The van der Waals surface area contributed by atoms with Crippen molar-refractivity contribution in [3.63, 3.8) is 0 Å². The van der Waals surface area contributed by atoms with Crippen LogP contribution in [0.15, 0.2) is 18.2 Å². The number of piperidine rings is 1. The van der Waals surface area contributed by atoms with Crippen molar-refractivity contribution in [1.82, 2.24) is 15.5 Å². The van der Waals surface area contributed by atoms with Crippen molar-refractivity contribution in [1.29, 1.82) is 0 Å².